The Hall–Kier alpha value is -2.19. The summed E-state index contributed by atoms with van der Waals surface area (Å²) in [6, 6.07) is 9.32. The number of nitriles is 1. The van der Waals surface area contributed by atoms with Crippen LogP contribution < -0.4 is 0 Å². The third-order valence-corrected chi connectivity index (χ3v) is 2.79. The first-order chi connectivity index (χ1) is 8.97. The molecule has 0 fully saturated rings. The van der Waals surface area contributed by atoms with Crippen LogP contribution in [-0.2, 0) is 12.1 Å². The van der Waals surface area contributed by atoms with Crippen LogP contribution in [0.15, 0.2) is 24.3 Å². The van der Waals surface area contributed by atoms with E-state index in [-0.39, 0.29) is 12.1 Å². The molecule has 0 aliphatic heterocycles. The summed E-state index contributed by atoms with van der Waals surface area (Å²) in [5, 5.41) is 26.5. The molecule has 0 unspecified atom stereocenters. The van der Waals surface area contributed by atoms with Gasteiger partial charge in [0.1, 0.15) is 6.61 Å². The van der Waals surface area contributed by atoms with Crippen LogP contribution >= 0.6 is 0 Å². The van der Waals surface area contributed by atoms with Gasteiger partial charge in [0.15, 0.2) is 11.6 Å². The fourth-order valence-electron chi connectivity index (χ4n) is 2.04. The highest BCUT2D eigenvalue weighted by molar-refractivity contribution is 5.58. The first kappa shape index (κ1) is 13.2. The molecule has 0 bridgehead atoms. The van der Waals surface area contributed by atoms with Crippen molar-refractivity contribution in [2.45, 2.75) is 32.9 Å². The van der Waals surface area contributed by atoms with Gasteiger partial charge in [-0.25, -0.2) is 0 Å². The largest absolute Gasteiger partial charge is 0.388 e. The summed E-state index contributed by atoms with van der Waals surface area (Å²) in [4.78, 5) is 0. The van der Waals surface area contributed by atoms with Crippen LogP contribution in [0.3, 0.4) is 0 Å². The Morgan fingerprint density at radius 3 is 2.63 bits per heavy atom. The van der Waals surface area contributed by atoms with Gasteiger partial charge in [0.05, 0.1) is 11.6 Å². The molecule has 0 amide bonds. The molecule has 5 heteroatoms. The van der Waals surface area contributed by atoms with Crippen molar-refractivity contribution in [3.05, 3.63) is 35.7 Å². The van der Waals surface area contributed by atoms with Gasteiger partial charge in [-0.05, 0) is 32.9 Å². The fraction of sp³-hybridized carbons (Fsp3) is 0.357. The lowest BCUT2D eigenvalue weighted by molar-refractivity contribution is 0.250. The van der Waals surface area contributed by atoms with Crippen molar-refractivity contribution in [3.63, 3.8) is 0 Å². The summed E-state index contributed by atoms with van der Waals surface area (Å²) in [6.07, 6.45) is 0. The van der Waals surface area contributed by atoms with Gasteiger partial charge >= 0.3 is 0 Å². The van der Waals surface area contributed by atoms with E-state index in [0.29, 0.717) is 17.2 Å². The normalized spacial score (nSPS) is 11.3. The monoisotopic (exact) mass is 256 g/mol. The number of rotatable bonds is 2. The van der Waals surface area contributed by atoms with Crippen LogP contribution in [0.1, 0.15) is 32.2 Å². The van der Waals surface area contributed by atoms with Crippen molar-refractivity contribution >= 4 is 0 Å². The summed E-state index contributed by atoms with van der Waals surface area (Å²) in [6.45, 7) is 5.90. The molecular weight excluding hydrogens is 240 g/mol. The van der Waals surface area contributed by atoms with Crippen LogP contribution in [-0.4, -0.2) is 19.9 Å². The zero-order chi connectivity index (χ0) is 14.0. The molecule has 1 heterocycles. The maximum Gasteiger partial charge on any atom is 0.164 e. The van der Waals surface area contributed by atoms with E-state index in [1.54, 1.807) is 12.1 Å². The van der Waals surface area contributed by atoms with Gasteiger partial charge in [-0.15, -0.1) is 10.2 Å². The van der Waals surface area contributed by atoms with E-state index in [1.165, 1.54) is 0 Å². The molecule has 0 saturated heterocycles. The first-order valence-corrected chi connectivity index (χ1v) is 6.03. The number of aliphatic hydroxyl groups is 1. The SMILES string of the molecule is CC(C)(C)n1c(CO)nnc1-c1cccc(C#N)c1. The summed E-state index contributed by atoms with van der Waals surface area (Å²) in [5.74, 6) is 1.18. The van der Waals surface area contributed by atoms with Crippen molar-refractivity contribution in [3.8, 4) is 17.5 Å². The van der Waals surface area contributed by atoms with E-state index >= 15 is 0 Å². The Bertz CT molecular complexity index is 632. The molecule has 0 radical (unpaired) electrons. The highest BCUT2D eigenvalue weighted by Crippen LogP contribution is 2.26. The Morgan fingerprint density at radius 2 is 2.05 bits per heavy atom. The highest BCUT2D eigenvalue weighted by Gasteiger charge is 2.23. The quantitative estimate of drug-likeness (QED) is 0.892. The minimum atomic E-state index is -0.250. The van der Waals surface area contributed by atoms with Crippen LogP contribution in [0.2, 0.25) is 0 Å². The fourth-order valence-corrected chi connectivity index (χ4v) is 2.04. The minimum absolute atomic E-state index is 0.164. The molecule has 2 aromatic rings. The number of nitrogens with zero attached hydrogens (tertiary/aromatic N) is 4. The number of aliphatic hydroxyl groups excluding tert-OH is 1. The Balaban J connectivity index is 2.63. The zero-order valence-electron chi connectivity index (χ0n) is 11.3. The number of hydrogen-bond donors (Lipinski definition) is 1. The summed E-state index contributed by atoms with van der Waals surface area (Å²) < 4.78 is 1.89. The van der Waals surface area contributed by atoms with Crippen molar-refractivity contribution in [2.75, 3.05) is 0 Å². The molecular formula is C14H16N4O. The van der Waals surface area contributed by atoms with Crippen LogP contribution in [0.25, 0.3) is 11.4 Å². The molecule has 1 aromatic carbocycles. The number of hydrogen-bond acceptors (Lipinski definition) is 4. The topological polar surface area (TPSA) is 74.7 Å². The molecule has 0 saturated carbocycles. The van der Waals surface area contributed by atoms with E-state index in [0.717, 1.165) is 5.56 Å². The van der Waals surface area contributed by atoms with Crippen LogP contribution in [0, 0.1) is 11.3 Å². The molecule has 0 spiro atoms. The lowest BCUT2D eigenvalue weighted by Gasteiger charge is -2.24. The maximum atomic E-state index is 9.37. The predicted octanol–water partition coefficient (Wildman–Crippen LogP) is 2.06. The van der Waals surface area contributed by atoms with Gasteiger partial charge in [0.25, 0.3) is 0 Å². The molecule has 0 atom stereocenters. The molecule has 5 nitrogen and oxygen atoms in total. The van der Waals surface area contributed by atoms with Crippen molar-refractivity contribution in [1.82, 2.24) is 14.8 Å². The van der Waals surface area contributed by atoms with E-state index in [1.807, 2.05) is 37.5 Å². The van der Waals surface area contributed by atoms with Gasteiger partial charge in [0, 0.05) is 11.1 Å². The van der Waals surface area contributed by atoms with Crippen molar-refractivity contribution in [1.29, 1.82) is 5.26 Å². The van der Waals surface area contributed by atoms with Gasteiger partial charge < -0.3 is 9.67 Å². The second-order valence-electron chi connectivity index (χ2n) is 5.30. The average Bonchev–Trinajstić information content (AvgIpc) is 2.82. The van der Waals surface area contributed by atoms with Gasteiger partial charge in [0.2, 0.25) is 0 Å². The third kappa shape index (κ3) is 2.49. The molecule has 2 rings (SSSR count). The molecule has 0 aliphatic rings. The van der Waals surface area contributed by atoms with Gasteiger partial charge in [-0.3, -0.25) is 0 Å². The summed E-state index contributed by atoms with van der Waals surface area (Å²) in [5.41, 5.74) is 1.15. The molecule has 19 heavy (non-hydrogen) atoms. The number of benzene rings is 1. The van der Waals surface area contributed by atoms with Crippen LogP contribution in [0.4, 0.5) is 0 Å². The molecule has 98 valence electrons. The van der Waals surface area contributed by atoms with Crippen LogP contribution in [0.5, 0.6) is 0 Å². The smallest absolute Gasteiger partial charge is 0.164 e. The highest BCUT2D eigenvalue weighted by atomic mass is 16.3. The summed E-state index contributed by atoms with van der Waals surface area (Å²) in [7, 11) is 0. The standard InChI is InChI=1S/C14H16N4O/c1-14(2,3)18-12(9-19)16-17-13(18)11-6-4-5-10(7-11)8-15/h4-7,19H,9H2,1-3H3. The lowest BCUT2D eigenvalue weighted by atomic mass is 10.1. The lowest BCUT2D eigenvalue weighted by Crippen LogP contribution is -2.25. The Kier molecular flexibility index (Phi) is 3.36. The third-order valence-electron chi connectivity index (χ3n) is 2.79. The van der Waals surface area contributed by atoms with E-state index < -0.39 is 0 Å². The van der Waals surface area contributed by atoms with Gasteiger partial charge in [-0.2, -0.15) is 5.26 Å². The average molecular weight is 256 g/mol. The number of aromatic nitrogens is 3. The van der Waals surface area contributed by atoms with E-state index in [2.05, 4.69) is 16.3 Å². The molecule has 1 aromatic heterocycles. The Morgan fingerprint density at radius 1 is 1.32 bits per heavy atom. The van der Waals surface area contributed by atoms with E-state index in [9.17, 15) is 5.11 Å². The van der Waals surface area contributed by atoms with Crippen molar-refractivity contribution in [2.24, 2.45) is 0 Å². The van der Waals surface area contributed by atoms with E-state index in [4.69, 9.17) is 5.26 Å². The second-order valence-corrected chi connectivity index (χ2v) is 5.30. The zero-order valence-corrected chi connectivity index (χ0v) is 11.3. The maximum absolute atomic E-state index is 9.37. The summed E-state index contributed by atoms with van der Waals surface area (Å²) >= 11 is 0. The van der Waals surface area contributed by atoms with Gasteiger partial charge in [-0.1, -0.05) is 12.1 Å². The molecule has 1 N–H and O–H groups in total. The Labute approximate surface area is 112 Å². The molecule has 0 aliphatic carbocycles. The minimum Gasteiger partial charge on any atom is -0.388 e. The van der Waals surface area contributed by atoms with Crippen molar-refractivity contribution < 1.29 is 5.11 Å². The second kappa shape index (κ2) is 4.82. The first-order valence-electron chi connectivity index (χ1n) is 6.03. The predicted molar refractivity (Wildman–Crippen MR) is 71.1 cm³/mol.